The second-order valence-corrected chi connectivity index (χ2v) is 5.17. The van der Waals surface area contributed by atoms with E-state index in [2.05, 4.69) is 15.3 Å². The number of hydrazine groups is 1. The Labute approximate surface area is 154 Å². The third-order valence-electron chi connectivity index (χ3n) is 3.13. The third-order valence-corrected chi connectivity index (χ3v) is 3.13. The molecule has 0 aliphatic carbocycles. The van der Waals surface area contributed by atoms with Crippen molar-refractivity contribution >= 4 is 17.6 Å². The quantitative estimate of drug-likeness (QED) is 0.337. The number of aromatic nitrogens is 2. The van der Waals surface area contributed by atoms with E-state index in [4.69, 9.17) is 20.7 Å². The number of allylic oxidation sites excluding steroid dienone is 1. The second kappa shape index (κ2) is 10.9. The number of anilines is 1. The molecule has 4 N–H and O–H groups in total. The number of benzene rings is 1. The summed E-state index contributed by atoms with van der Waals surface area (Å²) in [5.74, 6) is 8.17. The highest BCUT2D eigenvalue weighted by molar-refractivity contribution is 5.78. The Morgan fingerprint density at radius 3 is 2.65 bits per heavy atom. The minimum Gasteiger partial charge on any atom is -0.496 e. The smallest absolute Gasteiger partial charge is 0.216 e. The van der Waals surface area contributed by atoms with Gasteiger partial charge in [-0.3, -0.25) is 0 Å². The van der Waals surface area contributed by atoms with Gasteiger partial charge in [-0.1, -0.05) is 26.0 Å². The molecule has 1 heterocycles. The highest BCUT2D eigenvalue weighted by Crippen LogP contribution is 2.25. The molecule has 0 saturated heterocycles. The highest BCUT2D eigenvalue weighted by Gasteiger charge is 2.06. The maximum atomic E-state index is 5.86. The molecule has 0 atom stereocenters. The second-order valence-electron chi connectivity index (χ2n) is 5.17. The molecular weight excluding hydrogens is 332 g/mol. The number of hydrogen-bond donors (Lipinski definition) is 2. The lowest BCUT2D eigenvalue weighted by Gasteiger charge is -2.15. The number of rotatable bonds is 7. The Balaban J connectivity index is 0.00000163. The van der Waals surface area contributed by atoms with Crippen molar-refractivity contribution in [2.24, 2.45) is 16.7 Å². The predicted molar refractivity (Wildman–Crippen MR) is 105 cm³/mol. The van der Waals surface area contributed by atoms with Gasteiger partial charge in [0.15, 0.2) is 0 Å². The van der Waals surface area contributed by atoms with Crippen molar-refractivity contribution in [3.8, 4) is 5.75 Å². The molecule has 0 radical (unpaired) electrons. The van der Waals surface area contributed by atoms with E-state index in [9.17, 15) is 0 Å². The fourth-order valence-electron chi connectivity index (χ4n) is 2.08. The first-order valence-electron chi connectivity index (χ1n) is 8.48. The average molecular weight is 360 g/mol. The Bertz CT molecular complexity index is 735. The molecule has 142 valence electrons. The van der Waals surface area contributed by atoms with E-state index in [-0.39, 0.29) is 0 Å². The van der Waals surface area contributed by atoms with Crippen molar-refractivity contribution in [2.75, 3.05) is 12.2 Å². The number of hydrogen-bond acceptors (Lipinski definition) is 7. The van der Waals surface area contributed by atoms with Crippen LogP contribution in [0.1, 0.15) is 44.5 Å². The molecule has 0 fully saturated rings. The standard InChI is InChI=1S/C16H22N6O2.C2H6/c1-11(17)21-22(18)14-8-9-15(23-3)13(10-14)6-4-5-7-16-20-19-12(2)24-16;1-2/h4,6,8-10H,5,7,18H2,1-3H3,(H2,17,21);1-2H3/b6-4+;. The van der Waals surface area contributed by atoms with E-state index in [1.165, 1.54) is 5.12 Å². The van der Waals surface area contributed by atoms with Crippen LogP contribution in [-0.4, -0.2) is 23.1 Å². The molecule has 0 unspecified atom stereocenters. The summed E-state index contributed by atoms with van der Waals surface area (Å²) in [6.45, 7) is 7.44. The van der Waals surface area contributed by atoms with Gasteiger partial charge >= 0.3 is 0 Å². The highest BCUT2D eigenvalue weighted by atomic mass is 16.5. The lowest BCUT2D eigenvalue weighted by atomic mass is 10.1. The van der Waals surface area contributed by atoms with Crippen LogP contribution >= 0.6 is 0 Å². The van der Waals surface area contributed by atoms with Gasteiger partial charge in [0, 0.05) is 18.9 Å². The molecule has 8 nitrogen and oxygen atoms in total. The van der Waals surface area contributed by atoms with Gasteiger partial charge in [0.1, 0.15) is 11.6 Å². The number of nitrogens with two attached hydrogens (primary N) is 2. The maximum Gasteiger partial charge on any atom is 0.216 e. The van der Waals surface area contributed by atoms with Crippen molar-refractivity contribution in [1.82, 2.24) is 10.2 Å². The summed E-state index contributed by atoms with van der Waals surface area (Å²) in [7, 11) is 1.62. The molecule has 0 aliphatic heterocycles. The molecule has 0 amide bonds. The van der Waals surface area contributed by atoms with Gasteiger partial charge in [0.2, 0.25) is 11.8 Å². The summed E-state index contributed by atoms with van der Waals surface area (Å²) in [5, 5.41) is 13.0. The van der Waals surface area contributed by atoms with Crippen LogP contribution in [0.25, 0.3) is 6.08 Å². The lowest BCUT2D eigenvalue weighted by Crippen LogP contribution is -2.27. The Hall–Kier alpha value is -2.87. The van der Waals surface area contributed by atoms with Crippen LogP contribution in [0.2, 0.25) is 0 Å². The summed E-state index contributed by atoms with van der Waals surface area (Å²) in [6.07, 6.45) is 5.42. The third kappa shape index (κ3) is 6.56. The van der Waals surface area contributed by atoms with Crippen LogP contribution in [0.3, 0.4) is 0 Å². The van der Waals surface area contributed by atoms with E-state index in [1.54, 1.807) is 21.0 Å². The monoisotopic (exact) mass is 360 g/mol. The van der Waals surface area contributed by atoms with Gasteiger partial charge in [0.25, 0.3) is 0 Å². The summed E-state index contributed by atoms with van der Waals surface area (Å²) < 4.78 is 10.7. The molecule has 0 saturated carbocycles. The van der Waals surface area contributed by atoms with E-state index >= 15 is 0 Å². The van der Waals surface area contributed by atoms with E-state index in [1.807, 2.05) is 44.2 Å². The van der Waals surface area contributed by atoms with Crippen LogP contribution in [0.5, 0.6) is 5.75 Å². The van der Waals surface area contributed by atoms with Crippen LogP contribution in [0, 0.1) is 6.92 Å². The molecule has 1 aromatic heterocycles. The Kier molecular flexibility index (Phi) is 8.86. The summed E-state index contributed by atoms with van der Waals surface area (Å²) in [5.41, 5.74) is 7.14. The maximum absolute atomic E-state index is 5.86. The van der Waals surface area contributed by atoms with E-state index < -0.39 is 0 Å². The zero-order chi connectivity index (χ0) is 19.5. The lowest BCUT2D eigenvalue weighted by molar-refractivity contribution is 0.414. The zero-order valence-electron chi connectivity index (χ0n) is 16.1. The number of nitrogens with zero attached hydrogens (tertiary/aromatic N) is 4. The summed E-state index contributed by atoms with van der Waals surface area (Å²) in [6, 6.07) is 5.51. The summed E-state index contributed by atoms with van der Waals surface area (Å²) >= 11 is 0. The molecule has 0 aliphatic rings. The molecule has 26 heavy (non-hydrogen) atoms. The number of hydrazone groups is 1. The van der Waals surface area contributed by atoms with E-state index in [0.29, 0.717) is 29.7 Å². The zero-order valence-corrected chi connectivity index (χ0v) is 16.1. The minimum atomic E-state index is 0.375. The van der Waals surface area contributed by atoms with Crippen LogP contribution in [0.4, 0.5) is 5.69 Å². The van der Waals surface area contributed by atoms with Crippen molar-refractivity contribution in [3.63, 3.8) is 0 Å². The first-order valence-corrected chi connectivity index (χ1v) is 8.48. The molecule has 1 aromatic carbocycles. The fourth-order valence-corrected chi connectivity index (χ4v) is 2.08. The van der Waals surface area contributed by atoms with Gasteiger partial charge in [-0.15, -0.1) is 15.3 Å². The number of ether oxygens (including phenoxy) is 1. The SMILES string of the molecule is CC.COc1ccc(N(N)/N=C(/C)N)cc1/C=C/CCc1nnc(C)o1. The Morgan fingerprint density at radius 2 is 2.08 bits per heavy atom. The van der Waals surface area contributed by atoms with E-state index in [0.717, 1.165) is 17.7 Å². The first-order chi connectivity index (χ1) is 12.5. The van der Waals surface area contributed by atoms with Crippen LogP contribution < -0.4 is 21.4 Å². The molecule has 0 spiro atoms. The fraction of sp³-hybridized carbons (Fsp3) is 0.389. The van der Waals surface area contributed by atoms with Crippen molar-refractivity contribution in [3.05, 3.63) is 41.6 Å². The Morgan fingerprint density at radius 1 is 1.35 bits per heavy atom. The number of aryl methyl sites for hydroxylation is 2. The normalized spacial score (nSPS) is 11.2. The predicted octanol–water partition coefficient (Wildman–Crippen LogP) is 3.03. The van der Waals surface area contributed by atoms with Crippen LogP contribution in [-0.2, 0) is 6.42 Å². The van der Waals surface area contributed by atoms with Crippen LogP contribution in [0.15, 0.2) is 33.8 Å². The molecule has 2 rings (SSSR count). The largest absolute Gasteiger partial charge is 0.496 e. The van der Waals surface area contributed by atoms with Gasteiger partial charge in [0.05, 0.1) is 12.8 Å². The van der Waals surface area contributed by atoms with Crippen molar-refractivity contribution in [2.45, 2.75) is 40.5 Å². The van der Waals surface area contributed by atoms with Crippen molar-refractivity contribution < 1.29 is 9.15 Å². The van der Waals surface area contributed by atoms with Gasteiger partial charge < -0.3 is 14.9 Å². The van der Waals surface area contributed by atoms with Gasteiger partial charge in [-0.25, -0.2) is 5.84 Å². The number of amidine groups is 1. The minimum absolute atomic E-state index is 0.375. The average Bonchev–Trinajstić information content (AvgIpc) is 3.05. The van der Waals surface area contributed by atoms with Gasteiger partial charge in [-0.2, -0.15) is 5.12 Å². The van der Waals surface area contributed by atoms with Gasteiger partial charge in [-0.05, 0) is 31.5 Å². The molecule has 2 aromatic rings. The molecular formula is C18H28N6O2. The topological polar surface area (TPSA) is 116 Å². The molecule has 8 heteroatoms. The first kappa shape index (κ1) is 21.2. The van der Waals surface area contributed by atoms with Crippen molar-refractivity contribution in [1.29, 1.82) is 0 Å². The number of methoxy groups -OCH3 is 1. The summed E-state index contributed by atoms with van der Waals surface area (Å²) in [4.78, 5) is 0. The molecule has 0 bridgehead atoms.